The number of fused-ring (bicyclic) bond motifs is 1. The third-order valence-electron chi connectivity index (χ3n) is 5.56. The summed E-state index contributed by atoms with van der Waals surface area (Å²) in [6, 6.07) is 22.8. The van der Waals surface area contributed by atoms with Crippen molar-refractivity contribution in [2.24, 2.45) is 10.7 Å². The van der Waals surface area contributed by atoms with E-state index in [0.29, 0.717) is 18.9 Å². The molecule has 1 aliphatic rings. The van der Waals surface area contributed by atoms with Crippen molar-refractivity contribution in [3.05, 3.63) is 83.9 Å². The van der Waals surface area contributed by atoms with Crippen LogP contribution in [0.4, 0.5) is 5.69 Å². The van der Waals surface area contributed by atoms with Gasteiger partial charge in [0.2, 0.25) is 10.0 Å². The molecule has 0 aliphatic carbocycles. The molecule has 7 heteroatoms. The van der Waals surface area contributed by atoms with Gasteiger partial charge in [-0.25, -0.2) is 18.1 Å². The quantitative estimate of drug-likeness (QED) is 0.544. The Labute approximate surface area is 189 Å². The van der Waals surface area contributed by atoms with E-state index < -0.39 is 10.0 Å². The summed E-state index contributed by atoms with van der Waals surface area (Å²) in [6.07, 6.45) is 1.60. The largest absolute Gasteiger partial charge is 0.369 e. The molecule has 0 saturated heterocycles. The van der Waals surface area contributed by atoms with Gasteiger partial charge in [-0.1, -0.05) is 55.5 Å². The van der Waals surface area contributed by atoms with Gasteiger partial charge in [0.25, 0.3) is 0 Å². The van der Waals surface area contributed by atoms with Crippen molar-refractivity contribution in [3.8, 4) is 11.1 Å². The zero-order chi connectivity index (χ0) is 22.6. The zero-order valence-electron chi connectivity index (χ0n) is 18.2. The lowest BCUT2D eigenvalue weighted by Gasteiger charge is -2.28. The Morgan fingerprint density at radius 3 is 2.56 bits per heavy atom. The van der Waals surface area contributed by atoms with Crippen LogP contribution in [0, 0.1) is 0 Å². The second-order valence-corrected chi connectivity index (χ2v) is 9.62. The summed E-state index contributed by atoms with van der Waals surface area (Å²) >= 11 is 0. The second kappa shape index (κ2) is 9.54. The fraction of sp³-hybridized carbons (Fsp3) is 0.240. The van der Waals surface area contributed by atoms with Crippen LogP contribution in [-0.4, -0.2) is 32.4 Å². The summed E-state index contributed by atoms with van der Waals surface area (Å²) in [7, 11) is -3.52. The lowest BCUT2D eigenvalue weighted by Crippen LogP contribution is -2.39. The molecule has 4 rings (SSSR count). The molecule has 0 radical (unpaired) electrons. The molecule has 3 N–H and O–H groups in total. The molecule has 32 heavy (non-hydrogen) atoms. The number of nitrogens with two attached hydrogens (primary N) is 1. The molecule has 0 fully saturated rings. The maximum Gasteiger partial charge on any atom is 0.240 e. The fourth-order valence-corrected chi connectivity index (χ4v) is 5.01. The smallest absolute Gasteiger partial charge is 0.240 e. The first-order chi connectivity index (χ1) is 15.5. The van der Waals surface area contributed by atoms with Gasteiger partial charge >= 0.3 is 0 Å². The van der Waals surface area contributed by atoms with Crippen LogP contribution in [-0.2, 0) is 23.0 Å². The molecule has 166 valence electrons. The number of guanidine groups is 1. The third-order valence-corrected chi connectivity index (χ3v) is 7.04. The maximum absolute atomic E-state index is 12.5. The fourth-order valence-electron chi connectivity index (χ4n) is 3.96. The predicted molar refractivity (Wildman–Crippen MR) is 129 cm³/mol. The van der Waals surface area contributed by atoms with Crippen molar-refractivity contribution >= 4 is 21.7 Å². The Balaban J connectivity index is 1.53. The Morgan fingerprint density at radius 2 is 1.78 bits per heavy atom. The number of sulfonamides is 1. The topological polar surface area (TPSA) is 87.8 Å². The number of nitrogens with zero attached hydrogens (tertiary/aromatic N) is 2. The molecular weight excluding hydrogens is 420 g/mol. The number of hydrogen-bond acceptors (Lipinski definition) is 5. The number of nitrogens with one attached hydrogen (secondary N) is 1. The molecule has 0 spiro atoms. The zero-order valence-corrected chi connectivity index (χ0v) is 19.0. The predicted octanol–water partition coefficient (Wildman–Crippen LogP) is 4.05. The van der Waals surface area contributed by atoms with Crippen molar-refractivity contribution in [1.82, 2.24) is 9.62 Å². The van der Waals surface area contributed by atoms with Crippen molar-refractivity contribution in [1.29, 1.82) is 0 Å². The molecular formula is C25H28N4O2S. The molecule has 3 aromatic rings. The Bertz CT molecular complexity index is 1220. The highest BCUT2D eigenvalue weighted by Crippen LogP contribution is 2.32. The minimum absolute atomic E-state index is 0.277. The monoisotopic (exact) mass is 448 g/mol. The summed E-state index contributed by atoms with van der Waals surface area (Å²) in [5.41, 5.74) is 11.4. The summed E-state index contributed by atoms with van der Waals surface area (Å²) in [5, 5.41) is 0. The van der Waals surface area contributed by atoms with E-state index in [9.17, 15) is 8.42 Å². The lowest BCUT2D eigenvalue weighted by molar-refractivity contribution is 0.402. The minimum atomic E-state index is -3.52. The molecule has 0 aromatic heterocycles. The van der Waals surface area contributed by atoms with Gasteiger partial charge in [0.15, 0.2) is 5.96 Å². The normalized spacial score (nSPS) is 13.5. The van der Waals surface area contributed by atoms with Gasteiger partial charge in [-0.15, -0.1) is 0 Å². The van der Waals surface area contributed by atoms with E-state index in [4.69, 9.17) is 5.73 Å². The molecule has 0 atom stereocenters. The summed E-state index contributed by atoms with van der Waals surface area (Å²) in [4.78, 5) is 6.92. The van der Waals surface area contributed by atoms with E-state index >= 15 is 0 Å². The van der Waals surface area contributed by atoms with Crippen molar-refractivity contribution in [2.45, 2.75) is 31.2 Å². The molecule has 6 nitrogen and oxygen atoms in total. The molecule has 1 aliphatic heterocycles. The summed E-state index contributed by atoms with van der Waals surface area (Å²) in [5.74, 6) is 0.568. The van der Waals surface area contributed by atoms with Crippen LogP contribution in [0.25, 0.3) is 11.1 Å². The molecule has 1 heterocycles. The van der Waals surface area contributed by atoms with E-state index in [1.165, 1.54) is 0 Å². The first-order valence-electron chi connectivity index (χ1n) is 10.8. The minimum Gasteiger partial charge on any atom is -0.369 e. The Hall–Kier alpha value is -3.16. The van der Waals surface area contributed by atoms with Crippen LogP contribution in [0.5, 0.6) is 0 Å². The summed E-state index contributed by atoms with van der Waals surface area (Å²) in [6.45, 7) is 4.06. The van der Waals surface area contributed by atoms with Crippen LogP contribution in [0.15, 0.2) is 82.7 Å². The summed E-state index contributed by atoms with van der Waals surface area (Å²) < 4.78 is 27.7. The van der Waals surface area contributed by atoms with E-state index in [1.54, 1.807) is 30.3 Å². The highest BCUT2D eigenvalue weighted by atomic mass is 32.2. The maximum atomic E-state index is 12.5. The van der Waals surface area contributed by atoms with Crippen LogP contribution in [0.1, 0.15) is 24.5 Å². The Morgan fingerprint density at radius 1 is 1.03 bits per heavy atom. The van der Waals surface area contributed by atoms with Crippen LogP contribution < -0.4 is 10.5 Å². The molecule has 0 unspecified atom stereocenters. The van der Waals surface area contributed by atoms with Gasteiger partial charge < -0.3 is 10.6 Å². The molecule has 0 amide bonds. The van der Waals surface area contributed by atoms with Gasteiger partial charge in [0, 0.05) is 19.6 Å². The lowest BCUT2D eigenvalue weighted by atomic mass is 9.95. The van der Waals surface area contributed by atoms with Gasteiger partial charge in [-0.05, 0) is 59.4 Å². The van der Waals surface area contributed by atoms with E-state index in [0.717, 1.165) is 47.5 Å². The van der Waals surface area contributed by atoms with Crippen LogP contribution in [0.3, 0.4) is 0 Å². The number of benzene rings is 3. The van der Waals surface area contributed by atoms with Crippen molar-refractivity contribution in [3.63, 3.8) is 0 Å². The van der Waals surface area contributed by atoms with Gasteiger partial charge in [0.1, 0.15) is 0 Å². The van der Waals surface area contributed by atoms with Gasteiger partial charge in [-0.2, -0.15) is 0 Å². The van der Waals surface area contributed by atoms with E-state index in [-0.39, 0.29) is 4.90 Å². The van der Waals surface area contributed by atoms with Gasteiger partial charge in [-0.3, -0.25) is 0 Å². The SMILES string of the molecule is CCCN1Cc2cc(-c3ccccc3CCNS(=O)(=O)c3ccccc3)ccc2N=C1N. The number of rotatable bonds is 8. The molecule has 0 bridgehead atoms. The molecule has 3 aromatic carbocycles. The molecule has 0 saturated carbocycles. The van der Waals surface area contributed by atoms with Crippen LogP contribution in [0.2, 0.25) is 0 Å². The van der Waals surface area contributed by atoms with Crippen molar-refractivity contribution < 1.29 is 8.42 Å². The van der Waals surface area contributed by atoms with E-state index in [2.05, 4.69) is 39.7 Å². The van der Waals surface area contributed by atoms with E-state index in [1.807, 2.05) is 24.3 Å². The Kier molecular flexibility index (Phi) is 6.58. The average Bonchev–Trinajstić information content (AvgIpc) is 2.80. The van der Waals surface area contributed by atoms with Gasteiger partial charge in [0.05, 0.1) is 10.6 Å². The third kappa shape index (κ3) is 4.84. The first kappa shape index (κ1) is 22.0. The highest BCUT2D eigenvalue weighted by Gasteiger charge is 2.18. The average molecular weight is 449 g/mol. The second-order valence-electron chi connectivity index (χ2n) is 7.85. The van der Waals surface area contributed by atoms with Crippen molar-refractivity contribution in [2.75, 3.05) is 13.1 Å². The first-order valence-corrected chi connectivity index (χ1v) is 12.3. The van der Waals surface area contributed by atoms with Crippen LogP contribution >= 0.6 is 0 Å². The highest BCUT2D eigenvalue weighted by molar-refractivity contribution is 7.89. The standard InChI is InChI=1S/C25H28N4O2S/c1-2-16-29-18-21-17-20(12-13-24(21)28-25(29)26)23-11-7-6-8-19(23)14-15-27-32(30,31)22-9-4-3-5-10-22/h3-13,17,27H,2,14-16,18H2,1H3,(H2,26,28). The number of aliphatic imine (C=N–C) groups is 1. The number of hydrogen-bond donors (Lipinski definition) is 2.